The average Bonchev–Trinajstić information content (AvgIpc) is 3.17. The highest BCUT2D eigenvalue weighted by Crippen LogP contribution is 2.29. The first-order valence-corrected chi connectivity index (χ1v) is 10.9. The van der Waals surface area contributed by atoms with Crippen LogP contribution in [0, 0.1) is 0 Å². The van der Waals surface area contributed by atoms with Crippen molar-refractivity contribution in [2.24, 2.45) is 0 Å². The van der Waals surface area contributed by atoms with Gasteiger partial charge in [-0.2, -0.15) is 0 Å². The van der Waals surface area contributed by atoms with Gasteiger partial charge < -0.3 is 14.6 Å². The standard InChI is InChI=1S/C24H28ClN3O2/c1-4-30-23-12-22-19(8-9-26-22)11-21(23)24(29)28-14-16(2)27(13-17(28)3)15-18-6-5-7-20(25)10-18/h5-12,16-17,26H,4,13-15H2,1-3H3/t16-,17+/m0/s1. The van der Waals surface area contributed by atoms with E-state index in [9.17, 15) is 4.79 Å². The molecule has 6 heteroatoms. The molecule has 4 rings (SSSR count). The molecule has 2 aromatic carbocycles. The zero-order valence-corrected chi connectivity index (χ0v) is 18.4. The molecule has 0 saturated carbocycles. The molecular weight excluding hydrogens is 398 g/mol. The summed E-state index contributed by atoms with van der Waals surface area (Å²) in [5.74, 6) is 0.668. The molecule has 1 aliphatic rings. The summed E-state index contributed by atoms with van der Waals surface area (Å²) >= 11 is 6.15. The van der Waals surface area contributed by atoms with Crippen molar-refractivity contribution in [2.75, 3.05) is 19.7 Å². The number of benzene rings is 2. The molecule has 1 N–H and O–H groups in total. The van der Waals surface area contributed by atoms with Gasteiger partial charge in [0.05, 0.1) is 12.2 Å². The third kappa shape index (κ3) is 4.18. The van der Waals surface area contributed by atoms with Gasteiger partial charge >= 0.3 is 0 Å². The molecule has 1 aliphatic heterocycles. The van der Waals surface area contributed by atoms with Crippen LogP contribution in [0.2, 0.25) is 5.02 Å². The lowest BCUT2D eigenvalue weighted by Gasteiger charge is -2.44. The number of aromatic nitrogens is 1. The normalized spacial score (nSPS) is 19.9. The molecule has 0 radical (unpaired) electrons. The van der Waals surface area contributed by atoms with Crippen LogP contribution in [0.15, 0.2) is 48.7 Å². The number of carbonyl (C=O) groups excluding carboxylic acids is 1. The van der Waals surface area contributed by atoms with E-state index in [4.69, 9.17) is 16.3 Å². The van der Waals surface area contributed by atoms with Gasteiger partial charge in [-0.1, -0.05) is 23.7 Å². The molecule has 0 spiro atoms. The van der Waals surface area contributed by atoms with Crippen molar-refractivity contribution < 1.29 is 9.53 Å². The van der Waals surface area contributed by atoms with Crippen molar-refractivity contribution in [1.29, 1.82) is 0 Å². The number of nitrogens with zero attached hydrogens (tertiary/aromatic N) is 2. The number of halogens is 1. The Morgan fingerprint density at radius 1 is 1.17 bits per heavy atom. The highest BCUT2D eigenvalue weighted by molar-refractivity contribution is 6.30. The molecule has 0 unspecified atom stereocenters. The number of carbonyl (C=O) groups is 1. The summed E-state index contributed by atoms with van der Waals surface area (Å²) < 4.78 is 5.81. The van der Waals surface area contributed by atoms with Crippen molar-refractivity contribution in [2.45, 2.75) is 39.4 Å². The monoisotopic (exact) mass is 425 g/mol. The number of aromatic amines is 1. The van der Waals surface area contributed by atoms with Crippen molar-refractivity contribution >= 4 is 28.4 Å². The number of fused-ring (bicyclic) bond motifs is 1. The predicted octanol–water partition coefficient (Wildman–Crippen LogP) is 4.96. The van der Waals surface area contributed by atoms with Crippen molar-refractivity contribution in [3.8, 4) is 5.75 Å². The van der Waals surface area contributed by atoms with E-state index in [0.717, 1.165) is 29.0 Å². The average molecular weight is 426 g/mol. The number of rotatable bonds is 5. The van der Waals surface area contributed by atoms with Gasteiger partial charge in [-0.15, -0.1) is 0 Å². The van der Waals surface area contributed by atoms with Crippen molar-refractivity contribution in [3.63, 3.8) is 0 Å². The van der Waals surface area contributed by atoms with E-state index in [1.807, 2.05) is 54.4 Å². The fraction of sp³-hybridized carbons (Fsp3) is 0.375. The summed E-state index contributed by atoms with van der Waals surface area (Å²) in [5, 5.41) is 1.77. The van der Waals surface area contributed by atoms with Gasteiger partial charge in [0.1, 0.15) is 5.75 Å². The highest BCUT2D eigenvalue weighted by atomic mass is 35.5. The Labute approximate surface area is 182 Å². The zero-order valence-electron chi connectivity index (χ0n) is 17.7. The molecule has 1 aromatic heterocycles. The Hall–Kier alpha value is -2.50. The van der Waals surface area contributed by atoms with E-state index in [-0.39, 0.29) is 18.0 Å². The van der Waals surface area contributed by atoms with Crippen LogP contribution in [0.1, 0.15) is 36.7 Å². The van der Waals surface area contributed by atoms with Gasteiger partial charge in [0.2, 0.25) is 0 Å². The first kappa shape index (κ1) is 20.8. The summed E-state index contributed by atoms with van der Waals surface area (Å²) in [6.45, 7) is 9.07. The first-order chi connectivity index (χ1) is 14.5. The number of nitrogens with one attached hydrogen (secondary N) is 1. The number of ether oxygens (including phenoxy) is 1. The second-order valence-electron chi connectivity index (χ2n) is 8.06. The Bertz CT molecular complexity index is 1050. The Morgan fingerprint density at radius 2 is 2.00 bits per heavy atom. The minimum absolute atomic E-state index is 0.0308. The largest absolute Gasteiger partial charge is 0.493 e. The molecule has 2 heterocycles. The topological polar surface area (TPSA) is 48.6 Å². The maximum absolute atomic E-state index is 13.5. The molecule has 3 aromatic rings. The maximum Gasteiger partial charge on any atom is 0.257 e. The van der Waals surface area contributed by atoms with Crippen molar-refractivity contribution in [1.82, 2.24) is 14.8 Å². The van der Waals surface area contributed by atoms with Crippen LogP contribution in [-0.2, 0) is 6.54 Å². The second kappa shape index (κ2) is 8.70. The molecular formula is C24H28ClN3O2. The number of H-pyrrole nitrogens is 1. The fourth-order valence-corrected chi connectivity index (χ4v) is 4.46. The van der Waals surface area contributed by atoms with Crippen LogP contribution in [0.3, 0.4) is 0 Å². The molecule has 1 saturated heterocycles. The Morgan fingerprint density at radius 3 is 2.77 bits per heavy atom. The Balaban J connectivity index is 1.54. The lowest BCUT2D eigenvalue weighted by Crippen LogP contribution is -2.57. The number of hydrogen-bond donors (Lipinski definition) is 1. The third-order valence-electron chi connectivity index (χ3n) is 5.83. The molecule has 158 valence electrons. The zero-order chi connectivity index (χ0) is 21.3. The van der Waals surface area contributed by atoms with Crippen LogP contribution in [0.25, 0.3) is 10.9 Å². The summed E-state index contributed by atoms with van der Waals surface area (Å²) in [6.07, 6.45) is 1.88. The predicted molar refractivity (Wildman–Crippen MR) is 121 cm³/mol. The van der Waals surface area contributed by atoms with Crippen LogP contribution >= 0.6 is 11.6 Å². The van der Waals surface area contributed by atoms with Crippen LogP contribution < -0.4 is 4.74 Å². The molecule has 0 bridgehead atoms. The third-order valence-corrected chi connectivity index (χ3v) is 6.07. The van der Waals surface area contributed by atoms with E-state index in [2.05, 4.69) is 29.8 Å². The molecule has 0 aliphatic carbocycles. The van der Waals surface area contributed by atoms with Gasteiger partial charge in [0.25, 0.3) is 5.91 Å². The lowest BCUT2D eigenvalue weighted by atomic mass is 10.0. The lowest BCUT2D eigenvalue weighted by molar-refractivity contribution is 0.0288. The molecule has 2 atom stereocenters. The summed E-state index contributed by atoms with van der Waals surface area (Å²) in [7, 11) is 0. The molecule has 5 nitrogen and oxygen atoms in total. The Kier molecular flexibility index (Phi) is 6.02. The smallest absolute Gasteiger partial charge is 0.257 e. The quantitative estimate of drug-likeness (QED) is 0.628. The SMILES string of the molecule is CCOc1cc2[nH]ccc2cc1C(=O)N1C[C@H](C)N(Cc2cccc(Cl)c2)C[C@H]1C. The maximum atomic E-state index is 13.5. The van der Waals surface area contributed by atoms with Gasteiger partial charge in [0, 0.05) is 59.9 Å². The van der Waals surface area contributed by atoms with Crippen LogP contribution in [0.4, 0.5) is 0 Å². The summed E-state index contributed by atoms with van der Waals surface area (Å²) in [4.78, 5) is 21.1. The summed E-state index contributed by atoms with van der Waals surface area (Å²) in [5.41, 5.74) is 2.80. The van der Waals surface area contributed by atoms with Crippen LogP contribution in [-0.4, -0.2) is 52.5 Å². The number of piperazine rings is 1. The van der Waals surface area contributed by atoms with E-state index < -0.39 is 0 Å². The minimum Gasteiger partial charge on any atom is -0.493 e. The number of amides is 1. The van der Waals surface area contributed by atoms with Crippen LogP contribution in [0.5, 0.6) is 5.75 Å². The molecule has 1 amide bonds. The molecule has 1 fully saturated rings. The highest BCUT2D eigenvalue weighted by Gasteiger charge is 2.33. The fourth-order valence-electron chi connectivity index (χ4n) is 4.25. The number of hydrogen-bond acceptors (Lipinski definition) is 3. The van der Waals surface area contributed by atoms with Gasteiger partial charge in [0.15, 0.2) is 0 Å². The second-order valence-corrected chi connectivity index (χ2v) is 8.50. The van der Waals surface area contributed by atoms with E-state index in [1.54, 1.807) is 0 Å². The summed E-state index contributed by atoms with van der Waals surface area (Å²) in [6, 6.07) is 14.2. The molecule has 30 heavy (non-hydrogen) atoms. The first-order valence-electron chi connectivity index (χ1n) is 10.5. The van der Waals surface area contributed by atoms with Gasteiger partial charge in [-0.05, 0) is 50.6 Å². The van der Waals surface area contributed by atoms with Crippen molar-refractivity contribution in [3.05, 3.63) is 64.8 Å². The van der Waals surface area contributed by atoms with Gasteiger partial charge in [-0.25, -0.2) is 0 Å². The minimum atomic E-state index is 0.0308. The van der Waals surface area contributed by atoms with E-state index in [0.29, 0.717) is 24.5 Å². The van der Waals surface area contributed by atoms with Gasteiger partial charge in [-0.3, -0.25) is 9.69 Å². The van der Waals surface area contributed by atoms with E-state index >= 15 is 0 Å². The van der Waals surface area contributed by atoms with E-state index in [1.165, 1.54) is 5.56 Å².